The smallest absolute Gasteiger partial charge is 0.267 e. The van der Waals surface area contributed by atoms with Crippen molar-refractivity contribution < 1.29 is 17.6 Å². The zero-order chi connectivity index (χ0) is 19.7. The Morgan fingerprint density at radius 2 is 1.96 bits per heavy atom. The molecular formula is C18H22N4O5S. The van der Waals surface area contributed by atoms with E-state index in [9.17, 15) is 18.0 Å². The number of carbonyl (C=O) groups excluding carboxylic acids is 1. The molecule has 0 saturated carbocycles. The lowest BCUT2D eigenvalue weighted by molar-refractivity contribution is -0.134. The highest BCUT2D eigenvalue weighted by atomic mass is 32.2. The van der Waals surface area contributed by atoms with E-state index in [4.69, 9.17) is 4.42 Å². The van der Waals surface area contributed by atoms with Gasteiger partial charge >= 0.3 is 0 Å². The van der Waals surface area contributed by atoms with Crippen molar-refractivity contribution in [3.63, 3.8) is 0 Å². The van der Waals surface area contributed by atoms with E-state index in [2.05, 4.69) is 10.00 Å². The fourth-order valence-electron chi connectivity index (χ4n) is 3.75. The van der Waals surface area contributed by atoms with E-state index >= 15 is 0 Å². The lowest BCUT2D eigenvalue weighted by Crippen LogP contribution is -2.53. The Balaban J connectivity index is 1.37. The van der Waals surface area contributed by atoms with Crippen LogP contribution >= 0.6 is 0 Å². The average molecular weight is 406 g/mol. The normalized spacial score (nSPS) is 22.4. The van der Waals surface area contributed by atoms with Crippen molar-refractivity contribution in [2.45, 2.75) is 19.0 Å². The van der Waals surface area contributed by atoms with Crippen LogP contribution in [-0.2, 0) is 21.2 Å². The molecule has 0 spiro atoms. The van der Waals surface area contributed by atoms with Gasteiger partial charge in [0.15, 0.2) is 15.6 Å². The van der Waals surface area contributed by atoms with Crippen LogP contribution in [0.25, 0.3) is 11.5 Å². The quantitative estimate of drug-likeness (QED) is 0.694. The molecule has 0 bridgehead atoms. The molecule has 1 atom stereocenters. The first-order valence-electron chi connectivity index (χ1n) is 9.25. The Bertz CT molecular complexity index is 1010. The van der Waals surface area contributed by atoms with Gasteiger partial charge in [0.2, 0.25) is 5.91 Å². The molecule has 4 rings (SSSR count). The van der Waals surface area contributed by atoms with E-state index in [0.29, 0.717) is 44.1 Å². The second-order valence-corrected chi connectivity index (χ2v) is 9.39. The van der Waals surface area contributed by atoms with Crippen molar-refractivity contribution in [2.75, 3.05) is 37.7 Å². The predicted molar refractivity (Wildman–Crippen MR) is 101 cm³/mol. The van der Waals surface area contributed by atoms with Gasteiger partial charge in [0, 0.05) is 38.3 Å². The van der Waals surface area contributed by atoms with Gasteiger partial charge in [-0.15, -0.1) is 0 Å². The van der Waals surface area contributed by atoms with Crippen LogP contribution in [0.1, 0.15) is 6.42 Å². The van der Waals surface area contributed by atoms with E-state index in [0.717, 1.165) is 4.68 Å². The summed E-state index contributed by atoms with van der Waals surface area (Å²) in [5, 5.41) is 4.23. The Labute approximate surface area is 162 Å². The van der Waals surface area contributed by atoms with Crippen LogP contribution in [0.15, 0.2) is 39.7 Å². The molecule has 1 amide bonds. The molecule has 2 saturated heterocycles. The van der Waals surface area contributed by atoms with Crippen LogP contribution in [0.5, 0.6) is 0 Å². The van der Waals surface area contributed by atoms with Crippen LogP contribution in [0, 0.1) is 0 Å². The number of amides is 1. The van der Waals surface area contributed by atoms with Crippen LogP contribution in [0.3, 0.4) is 0 Å². The molecule has 28 heavy (non-hydrogen) atoms. The van der Waals surface area contributed by atoms with Gasteiger partial charge in [0.1, 0.15) is 12.2 Å². The van der Waals surface area contributed by atoms with Crippen molar-refractivity contribution in [3.8, 4) is 11.5 Å². The molecule has 0 N–H and O–H groups in total. The van der Waals surface area contributed by atoms with Gasteiger partial charge in [0.25, 0.3) is 5.56 Å². The molecule has 4 heterocycles. The van der Waals surface area contributed by atoms with Gasteiger partial charge in [-0.3, -0.25) is 14.5 Å². The van der Waals surface area contributed by atoms with Crippen molar-refractivity contribution in [3.05, 3.63) is 40.9 Å². The number of aromatic nitrogens is 2. The zero-order valence-corrected chi connectivity index (χ0v) is 16.2. The van der Waals surface area contributed by atoms with E-state index in [1.165, 1.54) is 12.3 Å². The monoisotopic (exact) mass is 406 g/mol. The van der Waals surface area contributed by atoms with Crippen molar-refractivity contribution in [1.82, 2.24) is 19.6 Å². The van der Waals surface area contributed by atoms with E-state index in [1.807, 2.05) is 0 Å². The second-order valence-electron chi connectivity index (χ2n) is 7.17. The molecule has 2 fully saturated rings. The van der Waals surface area contributed by atoms with Crippen molar-refractivity contribution in [1.29, 1.82) is 0 Å². The average Bonchev–Trinajstić information content (AvgIpc) is 3.33. The summed E-state index contributed by atoms with van der Waals surface area (Å²) in [5.41, 5.74) is 0.142. The number of hydrogen-bond donors (Lipinski definition) is 0. The first kappa shape index (κ1) is 18.9. The van der Waals surface area contributed by atoms with Gasteiger partial charge in [-0.25, -0.2) is 13.1 Å². The minimum Gasteiger partial charge on any atom is -0.463 e. The highest BCUT2D eigenvalue weighted by molar-refractivity contribution is 7.91. The molecule has 2 aromatic rings. The van der Waals surface area contributed by atoms with Crippen LogP contribution in [0.2, 0.25) is 0 Å². The Kier molecular flexibility index (Phi) is 5.07. The van der Waals surface area contributed by atoms with E-state index in [-0.39, 0.29) is 35.6 Å². The summed E-state index contributed by atoms with van der Waals surface area (Å²) in [4.78, 5) is 28.6. The third kappa shape index (κ3) is 4.02. The second kappa shape index (κ2) is 7.51. The van der Waals surface area contributed by atoms with Crippen LogP contribution < -0.4 is 5.56 Å². The lowest BCUT2D eigenvalue weighted by atomic mass is 10.2. The Hall–Kier alpha value is -2.46. The summed E-state index contributed by atoms with van der Waals surface area (Å²) in [6, 6.07) is 6.46. The lowest BCUT2D eigenvalue weighted by Gasteiger charge is -2.37. The molecule has 10 heteroatoms. The molecule has 0 unspecified atom stereocenters. The summed E-state index contributed by atoms with van der Waals surface area (Å²) in [5.74, 6) is 0.809. The number of furan rings is 1. The summed E-state index contributed by atoms with van der Waals surface area (Å²) in [6.45, 7) is 2.18. The van der Waals surface area contributed by atoms with Crippen LogP contribution in [-0.4, -0.2) is 77.6 Å². The topological polar surface area (TPSA) is 106 Å². The van der Waals surface area contributed by atoms with E-state index in [1.54, 1.807) is 23.1 Å². The van der Waals surface area contributed by atoms with Gasteiger partial charge in [0.05, 0.1) is 17.8 Å². The number of sulfone groups is 1. The Morgan fingerprint density at radius 3 is 2.61 bits per heavy atom. The maximum atomic E-state index is 12.6. The minimum absolute atomic E-state index is 0.0523. The van der Waals surface area contributed by atoms with Crippen molar-refractivity contribution in [2.24, 2.45) is 0 Å². The molecule has 0 aliphatic carbocycles. The van der Waals surface area contributed by atoms with E-state index < -0.39 is 9.84 Å². The van der Waals surface area contributed by atoms with Gasteiger partial charge < -0.3 is 9.32 Å². The molecule has 0 aromatic carbocycles. The van der Waals surface area contributed by atoms with Crippen LogP contribution in [0.4, 0.5) is 0 Å². The Morgan fingerprint density at radius 1 is 1.18 bits per heavy atom. The third-order valence-corrected chi connectivity index (χ3v) is 7.07. The number of nitrogens with zero attached hydrogens (tertiary/aromatic N) is 4. The number of rotatable bonds is 4. The van der Waals surface area contributed by atoms with Gasteiger partial charge in [-0.05, 0) is 24.6 Å². The summed E-state index contributed by atoms with van der Waals surface area (Å²) >= 11 is 0. The minimum atomic E-state index is -2.92. The molecular weight excluding hydrogens is 384 g/mol. The number of hydrogen-bond acceptors (Lipinski definition) is 7. The highest BCUT2D eigenvalue weighted by Gasteiger charge is 2.34. The highest BCUT2D eigenvalue weighted by Crippen LogP contribution is 2.19. The summed E-state index contributed by atoms with van der Waals surface area (Å²) < 4.78 is 29.8. The standard InChI is InChI=1S/C18H22N4O5S/c23-17-4-3-15(16-2-1-10-27-16)19-22(17)12-18(24)21-8-6-20(7-9-21)14-5-11-28(25,26)13-14/h1-4,10,14H,5-9,11-13H2/t14-/m1/s1. The van der Waals surface area contributed by atoms with Gasteiger partial charge in [-0.2, -0.15) is 5.10 Å². The third-order valence-electron chi connectivity index (χ3n) is 5.32. The zero-order valence-electron chi connectivity index (χ0n) is 15.4. The number of carbonyl (C=O) groups is 1. The SMILES string of the molecule is O=C(Cn1nc(-c2ccco2)ccc1=O)N1CCN([C@@H]2CCS(=O)(=O)C2)CC1. The maximum Gasteiger partial charge on any atom is 0.267 e. The first-order chi connectivity index (χ1) is 13.4. The van der Waals surface area contributed by atoms with Gasteiger partial charge in [-0.1, -0.05) is 0 Å². The summed E-state index contributed by atoms with van der Waals surface area (Å²) in [6.07, 6.45) is 2.18. The molecule has 9 nitrogen and oxygen atoms in total. The molecule has 2 aliphatic heterocycles. The maximum absolute atomic E-state index is 12.6. The summed E-state index contributed by atoms with van der Waals surface area (Å²) in [7, 11) is -2.92. The molecule has 2 aliphatic rings. The fraction of sp³-hybridized carbons (Fsp3) is 0.500. The fourth-order valence-corrected chi connectivity index (χ4v) is 5.51. The molecule has 0 radical (unpaired) electrons. The molecule has 2 aromatic heterocycles. The number of piperazine rings is 1. The van der Waals surface area contributed by atoms with Crippen molar-refractivity contribution >= 4 is 15.7 Å². The largest absolute Gasteiger partial charge is 0.463 e. The molecule has 150 valence electrons. The predicted octanol–water partition coefficient (Wildman–Crippen LogP) is -0.165. The first-order valence-corrected chi connectivity index (χ1v) is 11.1.